The number of methoxy groups -OCH3 is 1. The minimum absolute atomic E-state index is 0.131. The first-order valence-electron chi connectivity index (χ1n) is 9.55. The number of ether oxygens (including phenoxy) is 3. The lowest BCUT2D eigenvalue weighted by atomic mass is 10.1. The molecule has 152 valence electrons. The summed E-state index contributed by atoms with van der Waals surface area (Å²) in [5, 5.41) is 2.98. The fraction of sp³-hybridized carbons (Fsp3) is 0.650. The van der Waals surface area contributed by atoms with Crippen LogP contribution in [0, 0.1) is 0 Å². The van der Waals surface area contributed by atoms with Crippen molar-refractivity contribution in [2.24, 2.45) is 0 Å². The number of hydrogen-bond acceptors (Lipinski definition) is 6. The van der Waals surface area contributed by atoms with Crippen molar-refractivity contribution in [1.82, 2.24) is 10.2 Å². The molecule has 1 amide bonds. The van der Waals surface area contributed by atoms with E-state index in [1.165, 1.54) is 0 Å². The Morgan fingerprint density at radius 1 is 1.33 bits per heavy atom. The second kappa shape index (κ2) is 9.69. The lowest BCUT2D eigenvalue weighted by molar-refractivity contribution is 0.0471. The van der Waals surface area contributed by atoms with Gasteiger partial charge in [0.15, 0.2) is 11.5 Å². The topological polar surface area (TPSA) is 86.1 Å². The van der Waals surface area contributed by atoms with E-state index in [0.717, 1.165) is 38.9 Å². The standard InChI is InChI=1S/C20H33N3O4/c1-20(2,3)27-19(24)22-16-7-5-10-23(14-16)11-6-12-26-17-9-8-15(21)13-18(17)25-4/h8-9,13,16H,5-7,10-12,14,21H2,1-4H3,(H,22,24)/t16-/m1/s1. The van der Waals surface area contributed by atoms with Crippen LogP contribution in [-0.2, 0) is 4.74 Å². The molecule has 1 aliphatic rings. The summed E-state index contributed by atoms with van der Waals surface area (Å²) in [7, 11) is 1.60. The fourth-order valence-electron chi connectivity index (χ4n) is 3.12. The van der Waals surface area contributed by atoms with Crippen molar-refractivity contribution < 1.29 is 19.0 Å². The Morgan fingerprint density at radius 3 is 2.81 bits per heavy atom. The van der Waals surface area contributed by atoms with Crippen LogP contribution in [0.5, 0.6) is 11.5 Å². The Balaban J connectivity index is 1.71. The number of amides is 1. The molecule has 0 bridgehead atoms. The number of hydrogen-bond donors (Lipinski definition) is 2. The van der Waals surface area contributed by atoms with Crippen molar-refractivity contribution in [2.75, 3.05) is 39.1 Å². The number of carbonyl (C=O) groups is 1. The van der Waals surface area contributed by atoms with E-state index >= 15 is 0 Å². The Hall–Kier alpha value is -2.15. The number of anilines is 1. The van der Waals surface area contributed by atoms with Gasteiger partial charge in [0.25, 0.3) is 0 Å². The van der Waals surface area contributed by atoms with Crippen LogP contribution in [0.3, 0.4) is 0 Å². The largest absolute Gasteiger partial charge is 0.493 e. The van der Waals surface area contributed by atoms with E-state index in [1.807, 2.05) is 26.8 Å². The molecule has 0 saturated carbocycles. The number of benzene rings is 1. The highest BCUT2D eigenvalue weighted by atomic mass is 16.6. The van der Waals surface area contributed by atoms with Crippen LogP contribution < -0.4 is 20.5 Å². The Bertz CT molecular complexity index is 616. The van der Waals surface area contributed by atoms with E-state index in [-0.39, 0.29) is 12.1 Å². The van der Waals surface area contributed by atoms with E-state index in [1.54, 1.807) is 19.2 Å². The third-order valence-electron chi connectivity index (χ3n) is 4.29. The molecule has 2 rings (SSSR count). The van der Waals surface area contributed by atoms with Gasteiger partial charge >= 0.3 is 6.09 Å². The molecule has 1 saturated heterocycles. The minimum Gasteiger partial charge on any atom is -0.493 e. The highest BCUT2D eigenvalue weighted by molar-refractivity contribution is 5.68. The second-order valence-corrected chi connectivity index (χ2v) is 7.90. The third kappa shape index (κ3) is 7.54. The third-order valence-corrected chi connectivity index (χ3v) is 4.29. The van der Waals surface area contributed by atoms with Crippen molar-refractivity contribution in [3.05, 3.63) is 18.2 Å². The lowest BCUT2D eigenvalue weighted by Gasteiger charge is -2.33. The number of carbonyl (C=O) groups excluding carboxylic acids is 1. The van der Waals surface area contributed by atoms with Gasteiger partial charge in [-0.15, -0.1) is 0 Å². The fourth-order valence-corrected chi connectivity index (χ4v) is 3.12. The maximum absolute atomic E-state index is 11.9. The van der Waals surface area contributed by atoms with Gasteiger partial charge in [-0.05, 0) is 58.7 Å². The molecule has 27 heavy (non-hydrogen) atoms. The van der Waals surface area contributed by atoms with E-state index in [9.17, 15) is 4.79 Å². The summed E-state index contributed by atoms with van der Waals surface area (Å²) in [6, 6.07) is 5.52. The van der Waals surface area contributed by atoms with Crippen LogP contribution in [0.2, 0.25) is 0 Å². The summed E-state index contributed by atoms with van der Waals surface area (Å²) in [5.74, 6) is 1.35. The molecule has 1 aromatic carbocycles. The van der Waals surface area contributed by atoms with Gasteiger partial charge in [0.2, 0.25) is 0 Å². The Kier molecular flexibility index (Phi) is 7.59. The SMILES string of the molecule is COc1cc(N)ccc1OCCCN1CCC[C@@H](NC(=O)OC(C)(C)C)C1. The number of nitrogen functional groups attached to an aromatic ring is 1. The van der Waals surface area contributed by atoms with E-state index < -0.39 is 5.60 Å². The Morgan fingerprint density at radius 2 is 2.11 bits per heavy atom. The van der Waals surface area contributed by atoms with E-state index in [2.05, 4.69) is 10.2 Å². The zero-order valence-electron chi connectivity index (χ0n) is 16.9. The number of piperidine rings is 1. The molecule has 1 atom stereocenters. The second-order valence-electron chi connectivity index (χ2n) is 7.90. The van der Waals surface area contributed by atoms with Gasteiger partial charge < -0.3 is 30.2 Å². The first-order valence-corrected chi connectivity index (χ1v) is 9.55. The van der Waals surface area contributed by atoms with Gasteiger partial charge in [-0.2, -0.15) is 0 Å². The Labute approximate surface area is 162 Å². The summed E-state index contributed by atoms with van der Waals surface area (Å²) in [5.41, 5.74) is 5.93. The summed E-state index contributed by atoms with van der Waals surface area (Å²) >= 11 is 0. The van der Waals surface area contributed by atoms with Crippen LogP contribution in [0.4, 0.5) is 10.5 Å². The van der Waals surface area contributed by atoms with Gasteiger partial charge in [0.05, 0.1) is 13.7 Å². The molecule has 0 unspecified atom stereocenters. The summed E-state index contributed by atoms with van der Waals surface area (Å²) in [6.07, 6.45) is 2.60. The maximum Gasteiger partial charge on any atom is 0.407 e. The molecule has 1 aromatic rings. The molecular formula is C20H33N3O4. The van der Waals surface area contributed by atoms with Crippen molar-refractivity contribution in [1.29, 1.82) is 0 Å². The summed E-state index contributed by atoms with van der Waals surface area (Å²) in [4.78, 5) is 14.3. The van der Waals surface area contributed by atoms with Gasteiger partial charge in [-0.1, -0.05) is 0 Å². The maximum atomic E-state index is 11.9. The van der Waals surface area contributed by atoms with Gasteiger partial charge in [-0.3, -0.25) is 0 Å². The average molecular weight is 380 g/mol. The zero-order chi connectivity index (χ0) is 19.9. The van der Waals surface area contributed by atoms with Crippen molar-refractivity contribution in [3.8, 4) is 11.5 Å². The smallest absolute Gasteiger partial charge is 0.407 e. The summed E-state index contributed by atoms with van der Waals surface area (Å²) < 4.78 is 16.5. The average Bonchev–Trinajstić information content (AvgIpc) is 2.58. The number of nitrogens with one attached hydrogen (secondary N) is 1. The van der Waals surface area contributed by atoms with Crippen LogP contribution in [0.15, 0.2) is 18.2 Å². The molecule has 1 heterocycles. The molecule has 0 radical (unpaired) electrons. The first-order chi connectivity index (χ1) is 12.8. The van der Waals surface area contributed by atoms with Gasteiger partial charge in [0.1, 0.15) is 5.60 Å². The summed E-state index contributed by atoms with van der Waals surface area (Å²) in [6.45, 7) is 9.01. The van der Waals surface area contributed by atoms with Crippen LogP contribution in [-0.4, -0.2) is 56.0 Å². The first kappa shape index (κ1) is 21.2. The zero-order valence-corrected chi connectivity index (χ0v) is 16.9. The molecule has 0 aromatic heterocycles. The van der Waals surface area contributed by atoms with E-state index in [4.69, 9.17) is 19.9 Å². The minimum atomic E-state index is -0.473. The van der Waals surface area contributed by atoms with Crippen molar-refractivity contribution >= 4 is 11.8 Å². The molecule has 1 fully saturated rings. The molecule has 3 N–H and O–H groups in total. The number of alkyl carbamates (subject to hydrolysis) is 1. The van der Waals surface area contributed by atoms with E-state index in [0.29, 0.717) is 23.8 Å². The quantitative estimate of drug-likeness (QED) is 0.559. The number of nitrogens with zero attached hydrogens (tertiary/aromatic N) is 1. The van der Waals surface area contributed by atoms with Crippen molar-refractivity contribution in [2.45, 2.75) is 51.7 Å². The molecule has 1 aliphatic heterocycles. The highest BCUT2D eigenvalue weighted by Crippen LogP contribution is 2.29. The molecular weight excluding hydrogens is 346 g/mol. The van der Waals surface area contributed by atoms with Gasteiger partial charge in [-0.25, -0.2) is 4.79 Å². The molecule has 7 heteroatoms. The van der Waals surface area contributed by atoms with Crippen LogP contribution in [0.25, 0.3) is 0 Å². The number of nitrogens with two attached hydrogens (primary N) is 1. The highest BCUT2D eigenvalue weighted by Gasteiger charge is 2.23. The van der Waals surface area contributed by atoms with Crippen molar-refractivity contribution in [3.63, 3.8) is 0 Å². The van der Waals surface area contributed by atoms with Crippen LogP contribution in [0.1, 0.15) is 40.0 Å². The van der Waals surface area contributed by atoms with Gasteiger partial charge in [0, 0.05) is 30.9 Å². The number of rotatable bonds is 7. The monoisotopic (exact) mass is 379 g/mol. The number of likely N-dealkylation sites (tertiary alicyclic amines) is 1. The van der Waals surface area contributed by atoms with Crippen LogP contribution >= 0.6 is 0 Å². The molecule has 7 nitrogen and oxygen atoms in total. The predicted octanol–water partition coefficient (Wildman–Crippen LogP) is 3.04. The normalized spacial score (nSPS) is 18.0. The molecule has 0 aliphatic carbocycles. The lowest BCUT2D eigenvalue weighted by Crippen LogP contribution is -2.49. The molecule has 0 spiro atoms. The predicted molar refractivity (Wildman–Crippen MR) is 106 cm³/mol.